The van der Waals surface area contributed by atoms with Crippen molar-refractivity contribution in [2.75, 3.05) is 0 Å². The highest BCUT2D eigenvalue weighted by Gasteiger charge is 2.14. The molecular weight excluding hydrogens is 613 g/mol. The number of nitrogens with zero attached hydrogens (tertiary/aromatic N) is 4. The molecule has 6 aromatic rings. The molecule has 5 nitrogen and oxygen atoms in total. The smallest absolute Gasteiger partial charge is 0.193 e. The molecule has 0 amide bonds. The van der Waals surface area contributed by atoms with E-state index in [1.807, 2.05) is 72.9 Å². The molecule has 252 valence electrons. The van der Waals surface area contributed by atoms with Crippen LogP contribution in [0.4, 0.5) is 0 Å². The highest BCUT2D eigenvalue weighted by molar-refractivity contribution is 6.09. The molecule has 0 saturated heterocycles. The maximum atomic E-state index is 12.9. The van der Waals surface area contributed by atoms with Crippen molar-refractivity contribution < 1.29 is 4.79 Å². The minimum atomic E-state index is 0.00475. The second-order valence-electron chi connectivity index (χ2n) is 13.0. The maximum Gasteiger partial charge on any atom is 0.193 e. The molecule has 2 aromatic heterocycles. The fourth-order valence-electron chi connectivity index (χ4n) is 6.16. The van der Waals surface area contributed by atoms with E-state index in [1.165, 1.54) is 62.5 Å². The molecule has 0 aliphatic rings. The lowest BCUT2D eigenvalue weighted by Gasteiger charge is -2.10. The number of rotatable bonds is 16. The lowest BCUT2D eigenvalue weighted by atomic mass is 10.0. The first-order valence-electron chi connectivity index (χ1n) is 18.2. The standard InChI is InChI=1S/C45H46N4O/c1-3-5-7-10-14-33-18-22-38(23-19-33)43-47-44(39-24-20-34(21-25-39)15-11-8-6-4-2)49-45(48-43)40-30-31-41(46-32-40)35-26-28-37(29-27-35)42(50)36-16-12-9-13-17-36/h9,12-13,16-32H,3-8,10-11,14-15H2,1-2H3. The van der Waals surface area contributed by atoms with E-state index in [9.17, 15) is 4.79 Å². The van der Waals surface area contributed by atoms with Crippen LogP contribution in [0.1, 0.15) is 92.3 Å². The number of pyridine rings is 1. The van der Waals surface area contributed by atoms with Crippen LogP contribution in [0.2, 0.25) is 0 Å². The Hall–Kier alpha value is -5.29. The van der Waals surface area contributed by atoms with Crippen molar-refractivity contribution in [2.45, 2.75) is 78.1 Å². The van der Waals surface area contributed by atoms with Gasteiger partial charge in [-0.2, -0.15) is 0 Å². The number of hydrogen-bond donors (Lipinski definition) is 0. The van der Waals surface area contributed by atoms with Gasteiger partial charge in [-0.3, -0.25) is 9.78 Å². The van der Waals surface area contributed by atoms with E-state index in [-0.39, 0.29) is 5.78 Å². The zero-order valence-corrected chi connectivity index (χ0v) is 29.3. The van der Waals surface area contributed by atoms with Gasteiger partial charge in [-0.1, -0.05) is 156 Å². The first kappa shape index (κ1) is 34.6. The normalized spacial score (nSPS) is 11.1. The Labute approximate surface area is 297 Å². The highest BCUT2D eigenvalue weighted by Crippen LogP contribution is 2.27. The molecule has 0 aliphatic heterocycles. The van der Waals surface area contributed by atoms with Gasteiger partial charge in [0, 0.05) is 39.6 Å². The van der Waals surface area contributed by atoms with Crippen molar-refractivity contribution in [3.8, 4) is 45.4 Å². The van der Waals surface area contributed by atoms with Crippen LogP contribution in [-0.4, -0.2) is 25.7 Å². The Balaban J connectivity index is 1.26. The highest BCUT2D eigenvalue weighted by atomic mass is 16.1. The molecule has 0 spiro atoms. The summed E-state index contributed by atoms with van der Waals surface area (Å²) in [4.78, 5) is 32.5. The number of ketones is 1. The van der Waals surface area contributed by atoms with Crippen LogP contribution in [0, 0.1) is 0 Å². The average molecular weight is 659 g/mol. The van der Waals surface area contributed by atoms with Crippen LogP contribution in [0.3, 0.4) is 0 Å². The van der Waals surface area contributed by atoms with Gasteiger partial charge in [-0.05, 0) is 48.9 Å². The van der Waals surface area contributed by atoms with Crippen LogP contribution in [0.15, 0.2) is 121 Å². The number of unbranched alkanes of at least 4 members (excludes halogenated alkanes) is 6. The molecule has 0 saturated carbocycles. The molecule has 2 heterocycles. The summed E-state index contributed by atoms with van der Waals surface area (Å²) in [6.45, 7) is 4.49. The van der Waals surface area contributed by atoms with Crippen LogP contribution >= 0.6 is 0 Å². The topological polar surface area (TPSA) is 68.6 Å². The van der Waals surface area contributed by atoms with Crippen LogP contribution < -0.4 is 0 Å². The largest absolute Gasteiger partial charge is 0.289 e. The second kappa shape index (κ2) is 17.4. The molecule has 4 aromatic carbocycles. The van der Waals surface area contributed by atoms with Crippen LogP contribution in [0.25, 0.3) is 45.4 Å². The summed E-state index contributed by atoms with van der Waals surface area (Å²) in [5.74, 6) is 1.88. The summed E-state index contributed by atoms with van der Waals surface area (Å²) in [7, 11) is 0. The minimum Gasteiger partial charge on any atom is -0.289 e. The summed E-state index contributed by atoms with van der Waals surface area (Å²) < 4.78 is 0. The van der Waals surface area contributed by atoms with Crippen molar-refractivity contribution in [1.29, 1.82) is 0 Å². The molecule has 0 aliphatic carbocycles. The Morgan fingerprint density at radius 2 is 0.920 bits per heavy atom. The van der Waals surface area contributed by atoms with Gasteiger partial charge in [0.15, 0.2) is 23.3 Å². The van der Waals surface area contributed by atoms with Gasteiger partial charge in [-0.15, -0.1) is 0 Å². The Kier molecular flexibility index (Phi) is 12.0. The zero-order valence-electron chi connectivity index (χ0n) is 29.3. The predicted octanol–water partition coefficient (Wildman–Crippen LogP) is 11.4. The quantitative estimate of drug-likeness (QED) is 0.0764. The number of hydrogen-bond acceptors (Lipinski definition) is 5. The fourth-order valence-corrected chi connectivity index (χ4v) is 6.16. The van der Waals surface area contributed by atoms with Gasteiger partial charge >= 0.3 is 0 Å². The predicted molar refractivity (Wildman–Crippen MR) is 205 cm³/mol. The first-order chi connectivity index (χ1) is 24.6. The van der Waals surface area contributed by atoms with Gasteiger partial charge < -0.3 is 0 Å². The van der Waals surface area contributed by atoms with Gasteiger partial charge in [0.05, 0.1) is 5.69 Å². The lowest BCUT2D eigenvalue weighted by Crippen LogP contribution is -2.01. The average Bonchev–Trinajstić information content (AvgIpc) is 3.19. The van der Waals surface area contributed by atoms with E-state index in [0.29, 0.717) is 28.6 Å². The number of aromatic nitrogens is 4. The minimum absolute atomic E-state index is 0.00475. The molecule has 0 bridgehead atoms. The molecule has 0 radical (unpaired) electrons. The fraction of sp³-hybridized carbons (Fsp3) is 0.267. The third kappa shape index (κ3) is 9.03. The molecular formula is C45H46N4O. The molecule has 0 unspecified atom stereocenters. The van der Waals surface area contributed by atoms with Gasteiger partial charge in [0.2, 0.25) is 0 Å². The molecule has 6 rings (SSSR count). The molecule has 0 N–H and O–H groups in total. The van der Waals surface area contributed by atoms with E-state index in [2.05, 4.69) is 62.4 Å². The zero-order chi connectivity index (χ0) is 34.5. The number of aryl methyl sites for hydroxylation is 2. The lowest BCUT2D eigenvalue weighted by molar-refractivity contribution is 0.103. The Bertz CT molecular complexity index is 1880. The Morgan fingerprint density at radius 1 is 0.460 bits per heavy atom. The SMILES string of the molecule is CCCCCCc1ccc(-c2nc(-c3ccc(CCCCCC)cc3)nc(-c3ccc(-c4ccc(C(=O)c5ccccc5)cc4)nc3)n2)cc1. The summed E-state index contributed by atoms with van der Waals surface area (Å²) in [5, 5.41) is 0. The van der Waals surface area contributed by atoms with E-state index in [4.69, 9.17) is 19.9 Å². The van der Waals surface area contributed by atoms with Crippen LogP contribution in [0.5, 0.6) is 0 Å². The first-order valence-corrected chi connectivity index (χ1v) is 18.2. The van der Waals surface area contributed by atoms with Crippen molar-refractivity contribution in [2.24, 2.45) is 0 Å². The van der Waals surface area contributed by atoms with Crippen molar-refractivity contribution >= 4 is 5.78 Å². The van der Waals surface area contributed by atoms with Gasteiger partial charge in [0.25, 0.3) is 0 Å². The van der Waals surface area contributed by atoms with E-state index < -0.39 is 0 Å². The third-order valence-corrected chi connectivity index (χ3v) is 9.20. The van der Waals surface area contributed by atoms with E-state index >= 15 is 0 Å². The van der Waals surface area contributed by atoms with Crippen molar-refractivity contribution in [1.82, 2.24) is 19.9 Å². The van der Waals surface area contributed by atoms with Gasteiger partial charge in [-0.25, -0.2) is 15.0 Å². The third-order valence-electron chi connectivity index (χ3n) is 9.20. The summed E-state index contributed by atoms with van der Waals surface area (Å²) in [6.07, 6.45) is 14.0. The van der Waals surface area contributed by atoms with E-state index in [1.54, 1.807) is 0 Å². The molecule has 5 heteroatoms. The number of benzene rings is 4. The monoisotopic (exact) mass is 658 g/mol. The maximum absolute atomic E-state index is 12.9. The second-order valence-corrected chi connectivity index (χ2v) is 13.0. The molecule has 0 atom stereocenters. The molecule has 0 fully saturated rings. The van der Waals surface area contributed by atoms with E-state index in [0.717, 1.165) is 40.8 Å². The Morgan fingerprint density at radius 3 is 1.40 bits per heavy atom. The number of carbonyl (C=O) groups excluding carboxylic acids is 1. The molecule has 50 heavy (non-hydrogen) atoms. The summed E-state index contributed by atoms with van der Waals surface area (Å²) >= 11 is 0. The summed E-state index contributed by atoms with van der Waals surface area (Å²) in [5.41, 5.74) is 8.50. The van der Waals surface area contributed by atoms with Crippen LogP contribution in [-0.2, 0) is 12.8 Å². The van der Waals surface area contributed by atoms with Gasteiger partial charge in [0.1, 0.15) is 0 Å². The van der Waals surface area contributed by atoms with Crippen molar-refractivity contribution in [3.63, 3.8) is 0 Å². The number of carbonyl (C=O) groups is 1. The summed E-state index contributed by atoms with van der Waals surface area (Å²) in [6, 6.07) is 38.3. The van der Waals surface area contributed by atoms with Crippen molar-refractivity contribution in [3.05, 3.63) is 144 Å².